The molecule has 0 bridgehead atoms. The molecule has 16 heavy (non-hydrogen) atoms. The van der Waals surface area contributed by atoms with Gasteiger partial charge in [0.2, 0.25) is 0 Å². The number of carbonyl (C=O) groups excluding carboxylic acids is 1. The topological polar surface area (TPSA) is 61.5 Å². The molecule has 0 saturated heterocycles. The summed E-state index contributed by atoms with van der Waals surface area (Å²) in [6, 6.07) is 7.37. The Morgan fingerprint density at radius 2 is 1.94 bits per heavy atom. The van der Waals surface area contributed by atoms with Crippen LogP contribution < -0.4 is 5.73 Å². The molecule has 0 heterocycles. The smallest absolute Gasteiger partial charge is 0.307 e. The Morgan fingerprint density at radius 1 is 1.31 bits per heavy atom. The zero-order valence-corrected chi connectivity index (χ0v) is 9.60. The fourth-order valence-corrected chi connectivity index (χ4v) is 1.41. The Hall–Kier alpha value is -1.39. The highest BCUT2D eigenvalue weighted by atomic mass is 16.5. The second-order valence-electron chi connectivity index (χ2n) is 3.56. The van der Waals surface area contributed by atoms with Crippen LogP contribution >= 0.6 is 0 Å². The lowest BCUT2D eigenvalue weighted by atomic mass is 10.0. The minimum Gasteiger partial charge on any atom is -0.469 e. The van der Waals surface area contributed by atoms with E-state index in [0.717, 1.165) is 11.1 Å². The van der Waals surface area contributed by atoms with Gasteiger partial charge in [0.15, 0.2) is 0 Å². The second kappa shape index (κ2) is 6.25. The van der Waals surface area contributed by atoms with Gasteiger partial charge in [0.25, 0.3) is 0 Å². The molecule has 0 aromatic heterocycles. The lowest BCUT2D eigenvalue weighted by molar-refractivity contribution is -0.141. The third-order valence-corrected chi connectivity index (χ3v) is 2.33. The van der Waals surface area contributed by atoms with E-state index in [-0.39, 0.29) is 18.4 Å². The van der Waals surface area contributed by atoms with Gasteiger partial charge in [0, 0.05) is 13.2 Å². The first-order valence-electron chi connectivity index (χ1n) is 5.07. The van der Waals surface area contributed by atoms with E-state index in [1.165, 1.54) is 7.11 Å². The van der Waals surface area contributed by atoms with Crippen LogP contribution in [-0.2, 0) is 20.9 Å². The maximum Gasteiger partial charge on any atom is 0.307 e. The first-order chi connectivity index (χ1) is 7.67. The molecule has 0 aliphatic heterocycles. The zero-order chi connectivity index (χ0) is 12.0. The predicted molar refractivity (Wildman–Crippen MR) is 60.7 cm³/mol. The van der Waals surface area contributed by atoms with Gasteiger partial charge in [-0.15, -0.1) is 0 Å². The van der Waals surface area contributed by atoms with Crippen LogP contribution in [0.1, 0.15) is 23.6 Å². The summed E-state index contributed by atoms with van der Waals surface area (Å²) in [5.74, 6) is -0.298. The van der Waals surface area contributed by atoms with Crippen molar-refractivity contribution in [2.45, 2.75) is 19.1 Å². The molecule has 0 unspecified atom stereocenters. The Balaban J connectivity index is 2.62. The molecule has 4 nitrogen and oxygen atoms in total. The Morgan fingerprint density at radius 3 is 2.44 bits per heavy atom. The van der Waals surface area contributed by atoms with E-state index in [4.69, 9.17) is 10.5 Å². The summed E-state index contributed by atoms with van der Waals surface area (Å²) in [5.41, 5.74) is 7.87. The molecule has 4 heteroatoms. The molecule has 1 rings (SSSR count). The van der Waals surface area contributed by atoms with Crippen LogP contribution in [0.5, 0.6) is 0 Å². The number of hydrogen-bond acceptors (Lipinski definition) is 4. The van der Waals surface area contributed by atoms with E-state index < -0.39 is 0 Å². The molecule has 0 saturated carbocycles. The molecule has 0 radical (unpaired) electrons. The van der Waals surface area contributed by atoms with Gasteiger partial charge in [-0.05, 0) is 11.1 Å². The summed E-state index contributed by atoms with van der Waals surface area (Å²) in [7, 11) is 3.01. The van der Waals surface area contributed by atoms with Gasteiger partial charge in [-0.25, -0.2) is 0 Å². The molecular weight excluding hydrogens is 206 g/mol. The van der Waals surface area contributed by atoms with Crippen molar-refractivity contribution in [3.63, 3.8) is 0 Å². The second-order valence-corrected chi connectivity index (χ2v) is 3.56. The van der Waals surface area contributed by atoms with Crippen molar-refractivity contribution in [1.82, 2.24) is 0 Å². The largest absolute Gasteiger partial charge is 0.469 e. The van der Waals surface area contributed by atoms with E-state index in [1.54, 1.807) is 7.11 Å². The number of esters is 1. The Labute approximate surface area is 95.3 Å². The Bertz CT molecular complexity index is 335. The summed E-state index contributed by atoms with van der Waals surface area (Å²) in [5, 5.41) is 0. The summed E-state index contributed by atoms with van der Waals surface area (Å²) >= 11 is 0. The van der Waals surface area contributed by atoms with Gasteiger partial charge in [-0.3, -0.25) is 4.79 Å². The minimum atomic E-state index is -0.316. The third-order valence-electron chi connectivity index (χ3n) is 2.33. The number of carbonyl (C=O) groups is 1. The molecule has 0 aliphatic carbocycles. The van der Waals surface area contributed by atoms with Crippen molar-refractivity contribution in [1.29, 1.82) is 0 Å². The van der Waals surface area contributed by atoms with Crippen molar-refractivity contribution >= 4 is 5.97 Å². The lowest BCUT2D eigenvalue weighted by Gasteiger charge is -2.11. The summed E-state index contributed by atoms with van der Waals surface area (Å²) in [4.78, 5) is 11.0. The number of ether oxygens (including phenoxy) is 2. The highest BCUT2D eigenvalue weighted by Crippen LogP contribution is 2.15. The molecule has 1 aromatic rings. The van der Waals surface area contributed by atoms with Gasteiger partial charge < -0.3 is 15.2 Å². The van der Waals surface area contributed by atoms with E-state index in [0.29, 0.717) is 6.61 Å². The molecule has 0 amide bonds. The zero-order valence-electron chi connectivity index (χ0n) is 9.60. The fourth-order valence-electron chi connectivity index (χ4n) is 1.41. The number of benzene rings is 1. The normalized spacial score (nSPS) is 12.2. The van der Waals surface area contributed by atoms with E-state index in [1.807, 2.05) is 24.3 Å². The molecule has 0 fully saturated rings. The van der Waals surface area contributed by atoms with E-state index in [2.05, 4.69) is 4.74 Å². The van der Waals surface area contributed by atoms with E-state index in [9.17, 15) is 4.79 Å². The average molecular weight is 223 g/mol. The third kappa shape index (κ3) is 3.64. The van der Waals surface area contributed by atoms with Gasteiger partial charge in [-0.1, -0.05) is 24.3 Å². The van der Waals surface area contributed by atoms with Crippen LogP contribution in [0.25, 0.3) is 0 Å². The number of methoxy groups -OCH3 is 2. The van der Waals surface area contributed by atoms with Crippen LogP contribution in [0.4, 0.5) is 0 Å². The molecular formula is C12H17NO3. The van der Waals surface area contributed by atoms with Crippen LogP contribution in [0, 0.1) is 0 Å². The van der Waals surface area contributed by atoms with Crippen molar-refractivity contribution < 1.29 is 14.3 Å². The monoisotopic (exact) mass is 223 g/mol. The number of nitrogens with two attached hydrogens (primary N) is 1. The van der Waals surface area contributed by atoms with Crippen LogP contribution in [0.3, 0.4) is 0 Å². The van der Waals surface area contributed by atoms with Gasteiger partial charge >= 0.3 is 5.97 Å². The first kappa shape index (κ1) is 12.7. The lowest BCUT2D eigenvalue weighted by Crippen LogP contribution is -2.16. The van der Waals surface area contributed by atoms with Crippen molar-refractivity contribution in [2.24, 2.45) is 5.73 Å². The summed E-state index contributed by atoms with van der Waals surface area (Å²) in [6.07, 6.45) is 0.195. The molecule has 1 atom stereocenters. The molecule has 2 N–H and O–H groups in total. The maximum atomic E-state index is 11.0. The minimum absolute atomic E-state index is 0.195. The highest BCUT2D eigenvalue weighted by molar-refractivity contribution is 5.70. The molecule has 0 aliphatic rings. The molecule has 88 valence electrons. The molecule has 0 spiro atoms. The van der Waals surface area contributed by atoms with Crippen LogP contribution in [0.15, 0.2) is 24.3 Å². The van der Waals surface area contributed by atoms with Gasteiger partial charge in [0.05, 0.1) is 20.1 Å². The van der Waals surface area contributed by atoms with Crippen LogP contribution in [-0.4, -0.2) is 20.2 Å². The molecule has 1 aromatic carbocycles. The van der Waals surface area contributed by atoms with Crippen molar-refractivity contribution in [3.8, 4) is 0 Å². The average Bonchev–Trinajstić information content (AvgIpc) is 2.30. The van der Waals surface area contributed by atoms with Gasteiger partial charge in [-0.2, -0.15) is 0 Å². The van der Waals surface area contributed by atoms with Crippen molar-refractivity contribution in [2.75, 3.05) is 14.2 Å². The SMILES string of the molecule is COCc1ccc([C@H](N)CC(=O)OC)cc1. The standard InChI is InChI=1S/C12H17NO3/c1-15-8-9-3-5-10(6-4-9)11(13)7-12(14)16-2/h3-6,11H,7-8,13H2,1-2H3/t11-/m1/s1. The first-order valence-corrected chi connectivity index (χ1v) is 5.07. The maximum absolute atomic E-state index is 11.0. The Kier molecular flexibility index (Phi) is 4.95. The summed E-state index contributed by atoms with van der Waals surface area (Å²) in [6.45, 7) is 0.576. The fraction of sp³-hybridized carbons (Fsp3) is 0.417. The number of rotatable bonds is 5. The summed E-state index contributed by atoms with van der Waals surface area (Å²) < 4.78 is 9.57. The number of hydrogen-bond donors (Lipinski definition) is 1. The van der Waals surface area contributed by atoms with Crippen LogP contribution in [0.2, 0.25) is 0 Å². The quantitative estimate of drug-likeness (QED) is 0.766. The highest BCUT2D eigenvalue weighted by Gasteiger charge is 2.11. The van der Waals surface area contributed by atoms with Gasteiger partial charge in [0.1, 0.15) is 0 Å². The van der Waals surface area contributed by atoms with Crippen molar-refractivity contribution in [3.05, 3.63) is 35.4 Å². The predicted octanol–water partition coefficient (Wildman–Crippen LogP) is 1.40. The van der Waals surface area contributed by atoms with E-state index >= 15 is 0 Å².